The summed E-state index contributed by atoms with van der Waals surface area (Å²) in [5, 5.41) is 0. The van der Waals surface area contributed by atoms with E-state index in [1.54, 1.807) is 31.6 Å². The highest BCUT2D eigenvalue weighted by Gasteiger charge is 2.36. The van der Waals surface area contributed by atoms with Crippen LogP contribution in [0.3, 0.4) is 0 Å². The van der Waals surface area contributed by atoms with E-state index in [2.05, 4.69) is 29.5 Å². The van der Waals surface area contributed by atoms with Crippen molar-refractivity contribution in [2.24, 2.45) is 4.99 Å². The molecule has 5 rings (SSSR count). The van der Waals surface area contributed by atoms with Crippen LogP contribution in [0.5, 0.6) is 11.5 Å². The van der Waals surface area contributed by atoms with Gasteiger partial charge in [0.1, 0.15) is 6.04 Å². The van der Waals surface area contributed by atoms with Gasteiger partial charge in [0.2, 0.25) is 0 Å². The van der Waals surface area contributed by atoms with Crippen LogP contribution in [0.25, 0.3) is 6.08 Å². The average Bonchev–Trinajstić information content (AvgIpc) is 3.63. The second-order valence-electron chi connectivity index (χ2n) is 9.96. The van der Waals surface area contributed by atoms with Crippen LogP contribution in [0.2, 0.25) is 0 Å². The summed E-state index contributed by atoms with van der Waals surface area (Å²) in [5.41, 5.74) is 4.33. The Morgan fingerprint density at radius 3 is 2.70 bits per heavy atom. The number of carbonyl (C=O) groups excluding carboxylic acids is 1. The molecular formula is C30H35N3O6S. The van der Waals surface area contributed by atoms with Gasteiger partial charge in [-0.05, 0) is 64.3 Å². The number of hydrogen-bond acceptors (Lipinski definition) is 8. The Morgan fingerprint density at radius 2 is 2.02 bits per heavy atom. The number of thiazole rings is 1. The van der Waals surface area contributed by atoms with Crippen LogP contribution in [0.15, 0.2) is 45.3 Å². The molecule has 1 aromatic carbocycles. The van der Waals surface area contributed by atoms with Gasteiger partial charge in [-0.1, -0.05) is 23.5 Å². The Morgan fingerprint density at radius 1 is 1.23 bits per heavy atom. The molecule has 40 heavy (non-hydrogen) atoms. The number of methoxy groups -OCH3 is 2. The van der Waals surface area contributed by atoms with Crippen molar-refractivity contribution in [3.63, 3.8) is 0 Å². The number of allylic oxidation sites excluding steroid dienone is 1. The number of aryl methyl sites for hydroxylation is 1. The molecule has 0 saturated carbocycles. The summed E-state index contributed by atoms with van der Waals surface area (Å²) in [6.45, 7) is 9.46. The van der Waals surface area contributed by atoms with Crippen molar-refractivity contribution in [2.45, 2.75) is 59.2 Å². The summed E-state index contributed by atoms with van der Waals surface area (Å²) < 4.78 is 26.9. The smallest absolute Gasteiger partial charge is 0.338 e. The fraction of sp³-hybridized carbons (Fsp3) is 0.433. The number of benzene rings is 1. The first kappa shape index (κ1) is 27.9. The molecule has 0 N–H and O–H groups in total. The van der Waals surface area contributed by atoms with Crippen molar-refractivity contribution < 1.29 is 23.7 Å². The molecule has 1 fully saturated rings. The minimum Gasteiger partial charge on any atom is -0.493 e. The van der Waals surface area contributed by atoms with E-state index in [4.69, 9.17) is 18.9 Å². The Balaban J connectivity index is 1.68. The first-order chi connectivity index (χ1) is 19.3. The zero-order valence-electron chi connectivity index (χ0n) is 23.8. The lowest BCUT2D eigenvalue weighted by atomic mass is 9.94. The van der Waals surface area contributed by atoms with Crippen LogP contribution >= 0.6 is 11.3 Å². The molecule has 0 bridgehead atoms. The number of nitrogens with zero attached hydrogens (tertiary/aromatic N) is 3. The van der Waals surface area contributed by atoms with Crippen molar-refractivity contribution in [3.8, 4) is 11.5 Å². The quantitative estimate of drug-likeness (QED) is 0.389. The molecule has 2 unspecified atom stereocenters. The molecular weight excluding hydrogens is 530 g/mol. The van der Waals surface area contributed by atoms with Crippen LogP contribution in [0, 0.1) is 13.8 Å². The second kappa shape index (κ2) is 11.5. The highest BCUT2D eigenvalue weighted by atomic mass is 32.1. The maximum atomic E-state index is 14.1. The third kappa shape index (κ3) is 4.90. The fourth-order valence-corrected chi connectivity index (χ4v) is 6.64. The average molecular weight is 566 g/mol. The molecule has 0 radical (unpaired) electrons. The Labute approximate surface area is 237 Å². The van der Waals surface area contributed by atoms with Gasteiger partial charge in [0.15, 0.2) is 16.3 Å². The molecule has 2 atom stereocenters. The number of esters is 1. The predicted molar refractivity (Wildman–Crippen MR) is 153 cm³/mol. The van der Waals surface area contributed by atoms with Crippen molar-refractivity contribution in [1.29, 1.82) is 0 Å². The molecule has 2 aliphatic rings. The number of hydrogen-bond donors (Lipinski definition) is 0. The van der Waals surface area contributed by atoms with E-state index in [-0.39, 0.29) is 18.3 Å². The molecule has 2 aliphatic heterocycles. The number of para-hydroxylation sites is 1. The summed E-state index contributed by atoms with van der Waals surface area (Å²) >= 11 is 1.30. The normalized spacial score (nSPS) is 19.0. The molecule has 2 aromatic heterocycles. The van der Waals surface area contributed by atoms with Crippen molar-refractivity contribution in [2.75, 3.05) is 27.4 Å². The lowest BCUT2D eigenvalue weighted by Gasteiger charge is -2.26. The van der Waals surface area contributed by atoms with Crippen LogP contribution in [0.1, 0.15) is 55.2 Å². The maximum Gasteiger partial charge on any atom is 0.338 e. The summed E-state index contributed by atoms with van der Waals surface area (Å²) in [5.74, 6) is 0.419. The molecule has 9 nitrogen and oxygen atoms in total. The third-order valence-corrected chi connectivity index (χ3v) is 8.54. The summed E-state index contributed by atoms with van der Waals surface area (Å²) in [7, 11) is 3.09. The standard InChI is InChI=1S/C30H35N3O6S/c1-7-38-29(35)25-18(3)31-30-33(26(25)22-11-8-12-23(36-5)27(22)37-6)28(34)24(40-30)15-20-14-17(2)32(19(20)4)16-21-10-9-13-39-21/h8,11-12,14-15,21,26H,7,9-10,13,16H2,1-6H3/b24-15-. The third-order valence-electron chi connectivity index (χ3n) is 7.55. The number of aromatic nitrogens is 2. The van der Waals surface area contributed by atoms with E-state index in [1.165, 1.54) is 18.4 Å². The zero-order chi connectivity index (χ0) is 28.6. The fourth-order valence-electron chi connectivity index (χ4n) is 5.60. The highest BCUT2D eigenvalue weighted by molar-refractivity contribution is 7.07. The minimum atomic E-state index is -0.797. The van der Waals surface area contributed by atoms with Gasteiger partial charge in [0, 0.05) is 30.1 Å². The topological polar surface area (TPSA) is 93.3 Å². The summed E-state index contributed by atoms with van der Waals surface area (Å²) in [6, 6.07) is 6.72. The van der Waals surface area contributed by atoms with E-state index < -0.39 is 12.0 Å². The number of rotatable bonds is 8. The van der Waals surface area contributed by atoms with E-state index >= 15 is 0 Å². The molecule has 4 heterocycles. The van der Waals surface area contributed by atoms with Crippen molar-refractivity contribution in [1.82, 2.24) is 9.13 Å². The van der Waals surface area contributed by atoms with Crippen LogP contribution in [-0.2, 0) is 20.8 Å². The largest absolute Gasteiger partial charge is 0.493 e. The van der Waals surface area contributed by atoms with E-state index in [0.717, 1.165) is 42.9 Å². The van der Waals surface area contributed by atoms with Crippen molar-refractivity contribution in [3.05, 3.63) is 77.7 Å². The number of carbonyl (C=O) groups is 1. The Hall–Kier alpha value is -3.63. The monoisotopic (exact) mass is 565 g/mol. The lowest BCUT2D eigenvalue weighted by Crippen LogP contribution is -2.40. The first-order valence-corrected chi connectivity index (χ1v) is 14.3. The van der Waals surface area contributed by atoms with Gasteiger partial charge in [-0.3, -0.25) is 9.36 Å². The van der Waals surface area contributed by atoms with Gasteiger partial charge in [-0.2, -0.15) is 0 Å². The Bertz CT molecular complexity index is 1660. The number of ether oxygens (including phenoxy) is 4. The van der Waals surface area contributed by atoms with Crippen molar-refractivity contribution >= 4 is 23.4 Å². The minimum absolute atomic E-state index is 0.198. The van der Waals surface area contributed by atoms with E-state index in [0.29, 0.717) is 37.7 Å². The maximum absolute atomic E-state index is 14.1. The van der Waals surface area contributed by atoms with Gasteiger partial charge in [0.25, 0.3) is 5.56 Å². The van der Waals surface area contributed by atoms with Gasteiger partial charge in [-0.25, -0.2) is 9.79 Å². The van der Waals surface area contributed by atoms with Gasteiger partial charge in [0.05, 0.1) is 42.7 Å². The van der Waals surface area contributed by atoms with Gasteiger partial charge in [-0.15, -0.1) is 0 Å². The molecule has 0 spiro atoms. The lowest BCUT2D eigenvalue weighted by molar-refractivity contribution is -0.139. The molecule has 1 saturated heterocycles. The summed E-state index contributed by atoms with van der Waals surface area (Å²) in [6.07, 6.45) is 4.28. The van der Waals surface area contributed by atoms with Crippen LogP contribution in [0.4, 0.5) is 0 Å². The Kier molecular flexibility index (Phi) is 8.00. The van der Waals surface area contributed by atoms with E-state index in [9.17, 15) is 9.59 Å². The zero-order valence-corrected chi connectivity index (χ0v) is 24.6. The second-order valence-corrected chi connectivity index (χ2v) is 11.0. The number of fused-ring (bicyclic) bond motifs is 1. The predicted octanol–water partition coefficient (Wildman–Crippen LogP) is 3.41. The van der Waals surface area contributed by atoms with Crippen LogP contribution in [-0.4, -0.2) is 48.6 Å². The molecule has 212 valence electrons. The van der Waals surface area contributed by atoms with Crippen LogP contribution < -0.4 is 24.4 Å². The highest BCUT2D eigenvalue weighted by Crippen LogP contribution is 2.40. The molecule has 0 amide bonds. The molecule has 3 aromatic rings. The molecule has 0 aliphatic carbocycles. The first-order valence-electron chi connectivity index (χ1n) is 13.5. The summed E-state index contributed by atoms with van der Waals surface area (Å²) in [4.78, 5) is 32.5. The van der Waals surface area contributed by atoms with Gasteiger partial charge < -0.3 is 23.5 Å². The molecule has 10 heteroatoms. The SMILES string of the molecule is CCOC(=O)C1=C(C)N=c2s/c(=C\c3cc(C)n(CC4CCCO4)c3C)c(=O)n2C1c1cccc(OC)c1OC. The van der Waals surface area contributed by atoms with Gasteiger partial charge >= 0.3 is 5.97 Å². The van der Waals surface area contributed by atoms with E-state index in [1.807, 2.05) is 18.2 Å².